The Morgan fingerprint density at radius 1 is 0.891 bits per heavy atom. The molecule has 238 valence electrons. The Hall–Kier alpha value is -5.35. The molecule has 0 bridgehead atoms. The number of aryl methyl sites for hydroxylation is 1. The van der Waals surface area contributed by atoms with Gasteiger partial charge in [0.1, 0.15) is 11.6 Å². The molecule has 3 N–H and O–H groups in total. The lowest BCUT2D eigenvalue weighted by Gasteiger charge is -2.21. The minimum atomic E-state index is -0.730. The third kappa shape index (κ3) is 7.13. The van der Waals surface area contributed by atoms with Crippen LogP contribution in [0, 0.1) is 25.5 Å². The van der Waals surface area contributed by atoms with E-state index >= 15 is 4.39 Å². The summed E-state index contributed by atoms with van der Waals surface area (Å²) in [6.45, 7) is 4.44. The fourth-order valence-electron chi connectivity index (χ4n) is 5.12. The van der Waals surface area contributed by atoms with Gasteiger partial charge < -0.3 is 15.6 Å². The first-order chi connectivity index (χ1) is 22.0. The summed E-state index contributed by atoms with van der Waals surface area (Å²) in [6.07, 6.45) is 0. The van der Waals surface area contributed by atoms with Gasteiger partial charge in [0.05, 0.1) is 31.3 Å². The quantitative estimate of drug-likeness (QED) is 0.206. The van der Waals surface area contributed by atoms with Crippen LogP contribution in [0.1, 0.15) is 45.7 Å². The molecular formula is C36H35F2N3O5. The van der Waals surface area contributed by atoms with Crippen molar-refractivity contribution in [2.45, 2.75) is 39.9 Å². The van der Waals surface area contributed by atoms with Gasteiger partial charge in [-0.05, 0) is 56.2 Å². The molecule has 5 rings (SSSR count). The van der Waals surface area contributed by atoms with Crippen LogP contribution in [0.3, 0.4) is 0 Å². The number of rotatable bonds is 8. The number of nitrogens with zero attached hydrogens (tertiary/aromatic N) is 2. The van der Waals surface area contributed by atoms with Crippen LogP contribution in [0.15, 0.2) is 101 Å². The van der Waals surface area contributed by atoms with Gasteiger partial charge in [0, 0.05) is 22.9 Å². The number of halogens is 2. The number of methoxy groups -OCH3 is 1. The summed E-state index contributed by atoms with van der Waals surface area (Å²) in [7, 11) is 1.33. The number of aromatic hydroxyl groups is 1. The molecule has 10 heteroatoms. The van der Waals surface area contributed by atoms with E-state index in [1.54, 1.807) is 62.4 Å². The minimum absolute atomic E-state index is 0.0137. The van der Waals surface area contributed by atoms with Crippen molar-refractivity contribution in [2.24, 2.45) is 5.73 Å². The number of hydrogen-bond acceptors (Lipinski definition) is 6. The first-order valence-electron chi connectivity index (χ1n) is 14.5. The minimum Gasteiger partial charge on any atom is -0.507 e. The number of ether oxygens (including phenoxy) is 1. The van der Waals surface area contributed by atoms with Crippen LogP contribution < -0.4 is 21.7 Å². The van der Waals surface area contributed by atoms with Crippen molar-refractivity contribution in [1.82, 2.24) is 9.13 Å². The maximum absolute atomic E-state index is 15.3. The van der Waals surface area contributed by atoms with Crippen LogP contribution in [-0.4, -0.2) is 27.1 Å². The average molecular weight is 628 g/mol. The van der Waals surface area contributed by atoms with E-state index in [0.717, 1.165) is 10.1 Å². The normalized spacial score (nSPS) is 11.4. The summed E-state index contributed by atoms with van der Waals surface area (Å²) in [5.41, 5.74) is 7.26. The first-order valence-corrected chi connectivity index (χ1v) is 14.5. The molecule has 46 heavy (non-hydrogen) atoms. The third-order valence-corrected chi connectivity index (χ3v) is 7.70. The van der Waals surface area contributed by atoms with E-state index in [2.05, 4.69) is 0 Å². The standard InChI is InChI=1S/C28H27F2N3O3.C8H8O2/c1-17-9-7-13-22(29)21(17)15-32-18(2)25(20-12-8-14-24(36-3)26(20)30)27(34)33(28(32)35)16-23(31)19-10-5-4-6-11-19;1-6(9)7-4-2-3-5-8(7)10/h4-14,23H,15-16,31H2,1-3H3;2-5,10H,1H3/t23-;/m0./s1. The van der Waals surface area contributed by atoms with E-state index in [0.29, 0.717) is 16.7 Å². The molecule has 1 aromatic heterocycles. The highest BCUT2D eigenvalue weighted by atomic mass is 19.1. The molecule has 0 unspecified atom stereocenters. The molecule has 5 aromatic rings. The molecule has 1 heterocycles. The van der Waals surface area contributed by atoms with Gasteiger partial charge in [-0.15, -0.1) is 0 Å². The zero-order chi connectivity index (χ0) is 33.5. The maximum atomic E-state index is 15.3. The zero-order valence-corrected chi connectivity index (χ0v) is 26.0. The SMILES string of the molecule is CC(=O)c1ccccc1O.COc1cccc(-c2c(C)n(Cc3c(C)cccc3F)c(=O)n(C[C@H](N)c3ccccc3)c2=O)c1F. The maximum Gasteiger partial charge on any atom is 0.331 e. The van der Waals surface area contributed by atoms with Crippen molar-refractivity contribution in [3.63, 3.8) is 0 Å². The van der Waals surface area contributed by atoms with E-state index in [-0.39, 0.29) is 47.2 Å². The summed E-state index contributed by atoms with van der Waals surface area (Å²) in [5.74, 6) is -1.31. The van der Waals surface area contributed by atoms with Gasteiger partial charge in [0.25, 0.3) is 5.56 Å². The number of phenols is 1. The number of para-hydroxylation sites is 1. The molecule has 0 amide bonds. The Morgan fingerprint density at radius 3 is 2.15 bits per heavy atom. The van der Waals surface area contributed by atoms with Crippen molar-refractivity contribution in [3.8, 4) is 22.6 Å². The smallest absolute Gasteiger partial charge is 0.331 e. The van der Waals surface area contributed by atoms with Crippen molar-refractivity contribution in [3.05, 3.63) is 151 Å². The summed E-state index contributed by atoms with van der Waals surface area (Å²) in [6, 6.07) is 24.0. The van der Waals surface area contributed by atoms with Gasteiger partial charge in [-0.1, -0.05) is 66.7 Å². The topological polar surface area (TPSA) is 117 Å². The summed E-state index contributed by atoms with van der Waals surface area (Å²) in [4.78, 5) is 38.0. The van der Waals surface area contributed by atoms with Crippen LogP contribution in [0.4, 0.5) is 8.78 Å². The van der Waals surface area contributed by atoms with Gasteiger partial charge in [0.2, 0.25) is 0 Å². The van der Waals surface area contributed by atoms with Crippen LogP contribution in [0.5, 0.6) is 11.5 Å². The van der Waals surface area contributed by atoms with E-state index in [9.17, 15) is 18.8 Å². The molecule has 8 nitrogen and oxygen atoms in total. The Morgan fingerprint density at radius 2 is 1.54 bits per heavy atom. The fourth-order valence-corrected chi connectivity index (χ4v) is 5.12. The molecule has 0 saturated heterocycles. The molecule has 0 aliphatic rings. The third-order valence-electron chi connectivity index (χ3n) is 7.70. The lowest BCUT2D eigenvalue weighted by Crippen LogP contribution is -2.44. The Labute approximate surface area is 265 Å². The Balaban J connectivity index is 0.000000409. The number of phenolic OH excluding ortho intramolecular Hbond substituents is 1. The number of benzene rings is 4. The van der Waals surface area contributed by atoms with Crippen LogP contribution in [0.2, 0.25) is 0 Å². The van der Waals surface area contributed by atoms with Gasteiger partial charge in [-0.2, -0.15) is 0 Å². The monoisotopic (exact) mass is 627 g/mol. The lowest BCUT2D eigenvalue weighted by atomic mass is 10.0. The van der Waals surface area contributed by atoms with Crippen molar-refractivity contribution in [2.75, 3.05) is 7.11 Å². The average Bonchev–Trinajstić information content (AvgIpc) is 3.04. The second-order valence-corrected chi connectivity index (χ2v) is 10.7. The second-order valence-electron chi connectivity index (χ2n) is 10.7. The molecule has 0 fully saturated rings. The number of aromatic nitrogens is 2. The predicted molar refractivity (Wildman–Crippen MR) is 173 cm³/mol. The highest BCUT2D eigenvalue weighted by molar-refractivity contribution is 5.96. The van der Waals surface area contributed by atoms with Crippen LogP contribution in [0.25, 0.3) is 11.1 Å². The fraction of sp³-hybridized carbons (Fsp3) is 0.194. The van der Waals surface area contributed by atoms with Gasteiger partial charge in [-0.3, -0.25) is 18.7 Å². The number of ketones is 1. The number of carbonyl (C=O) groups is 1. The molecule has 0 aliphatic heterocycles. The first kappa shape index (κ1) is 33.5. The molecule has 1 atom stereocenters. The molecule has 0 spiro atoms. The second kappa shape index (κ2) is 14.6. The number of nitrogens with two attached hydrogens (primary N) is 1. The highest BCUT2D eigenvalue weighted by Gasteiger charge is 2.24. The van der Waals surface area contributed by atoms with E-state index < -0.39 is 28.9 Å². The van der Waals surface area contributed by atoms with Crippen molar-refractivity contribution < 1.29 is 23.4 Å². The molecule has 0 radical (unpaired) electrons. The number of carbonyl (C=O) groups excluding carboxylic acids is 1. The molecule has 4 aromatic carbocycles. The Bertz CT molecular complexity index is 1970. The van der Waals surface area contributed by atoms with Gasteiger partial charge in [0.15, 0.2) is 17.3 Å². The summed E-state index contributed by atoms with van der Waals surface area (Å²) in [5, 5.41) is 9.06. The van der Waals surface area contributed by atoms with Crippen LogP contribution >= 0.6 is 0 Å². The van der Waals surface area contributed by atoms with E-state index in [1.807, 2.05) is 18.2 Å². The Kier molecular flexibility index (Phi) is 10.7. The van der Waals surface area contributed by atoms with Gasteiger partial charge >= 0.3 is 5.69 Å². The largest absolute Gasteiger partial charge is 0.507 e. The summed E-state index contributed by atoms with van der Waals surface area (Å²) >= 11 is 0. The molecule has 0 saturated carbocycles. The predicted octanol–water partition coefficient (Wildman–Crippen LogP) is 5.92. The number of hydrogen-bond donors (Lipinski definition) is 2. The molecular weight excluding hydrogens is 592 g/mol. The van der Waals surface area contributed by atoms with Crippen LogP contribution in [-0.2, 0) is 13.1 Å². The van der Waals surface area contributed by atoms with Gasteiger partial charge in [-0.25, -0.2) is 13.6 Å². The zero-order valence-electron chi connectivity index (χ0n) is 26.0. The number of Topliss-reactive ketones (excluding diaryl/α,β-unsaturated/α-hetero) is 1. The van der Waals surface area contributed by atoms with E-state index in [1.165, 1.54) is 42.9 Å². The summed E-state index contributed by atoms with van der Waals surface area (Å²) < 4.78 is 37.4. The highest BCUT2D eigenvalue weighted by Crippen LogP contribution is 2.29. The van der Waals surface area contributed by atoms with E-state index in [4.69, 9.17) is 15.6 Å². The lowest BCUT2D eigenvalue weighted by molar-refractivity contribution is 0.101. The molecule has 0 aliphatic carbocycles. The van der Waals surface area contributed by atoms with Crippen molar-refractivity contribution in [1.29, 1.82) is 0 Å². The van der Waals surface area contributed by atoms with Crippen molar-refractivity contribution >= 4 is 5.78 Å².